The molecule has 3 aliphatic heterocycles. The Kier molecular flexibility index (Phi) is 1.76. The van der Waals surface area contributed by atoms with Gasteiger partial charge in [0, 0.05) is 0 Å². The van der Waals surface area contributed by atoms with Crippen molar-refractivity contribution in [3.05, 3.63) is 35.4 Å². The van der Waals surface area contributed by atoms with E-state index in [0.29, 0.717) is 0 Å². The molecule has 2 bridgehead atoms. The Morgan fingerprint density at radius 3 is 2.39 bits per heavy atom. The molecule has 0 spiro atoms. The third-order valence-corrected chi connectivity index (χ3v) is 3.76. The first-order valence-corrected chi connectivity index (χ1v) is 5.62. The number of ether oxygens (including phenoxy) is 1. The zero-order valence-corrected chi connectivity index (χ0v) is 9.02. The van der Waals surface area contributed by atoms with Crippen LogP contribution in [0.15, 0.2) is 29.4 Å². The SMILES string of the molecule is FC(F)(F)C1=NO[C@@H]2[C@H]1[C@H]1O[C@H]2c2ccccc21. The molecule has 6 heteroatoms. The smallest absolute Gasteiger partial charge is 0.388 e. The van der Waals surface area contributed by atoms with Gasteiger partial charge in [0.05, 0.1) is 12.0 Å². The van der Waals surface area contributed by atoms with Crippen molar-refractivity contribution >= 4 is 5.71 Å². The van der Waals surface area contributed by atoms with E-state index in [-0.39, 0.29) is 0 Å². The molecule has 3 heterocycles. The summed E-state index contributed by atoms with van der Waals surface area (Å²) in [6, 6.07) is 7.32. The number of alkyl halides is 3. The summed E-state index contributed by atoms with van der Waals surface area (Å²) in [7, 11) is 0. The van der Waals surface area contributed by atoms with E-state index in [1.807, 2.05) is 18.2 Å². The number of rotatable bonds is 0. The normalized spacial score (nSPS) is 36.1. The van der Waals surface area contributed by atoms with Crippen molar-refractivity contribution < 1.29 is 22.7 Å². The van der Waals surface area contributed by atoms with Gasteiger partial charge < -0.3 is 9.57 Å². The number of benzene rings is 1. The van der Waals surface area contributed by atoms with Crippen LogP contribution >= 0.6 is 0 Å². The highest BCUT2D eigenvalue weighted by molar-refractivity contribution is 5.94. The van der Waals surface area contributed by atoms with E-state index < -0.39 is 36.1 Å². The quantitative estimate of drug-likeness (QED) is 0.713. The van der Waals surface area contributed by atoms with Crippen molar-refractivity contribution in [2.75, 3.05) is 0 Å². The summed E-state index contributed by atoms with van der Waals surface area (Å²) in [5.41, 5.74) is 0.892. The first-order valence-electron chi connectivity index (χ1n) is 5.62. The molecule has 0 aliphatic carbocycles. The molecule has 0 unspecified atom stereocenters. The summed E-state index contributed by atoms with van der Waals surface area (Å²) >= 11 is 0. The summed E-state index contributed by atoms with van der Waals surface area (Å²) in [4.78, 5) is 4.95. The molecule has 4 rings (SSSR count). The van der Waals surface area contributed by atoms with Crippen LogP contribution in [-0.2, 0) is 9.57 Å². The third kappa shape index (κ3) is 1.11. The van der Waals surface area contributed by atoms with Gasteiger partial charge in [0.2, 0.25) is 0 Å². The largest absolute Gasteiger partial charge is 0.433 e. The van der Waals surface area contributed by atoms with Gasteiger partial charge in [-0.3, -0.25) is 0 Å². The fourth-order valence-electron chi connectivity index (χ4n) is 3.07. The minimum Gasteiger partial charge on any atom is -0.388 e. The molecular weight excluding hydrogens is 247 g/mol. The molecule has 3 aliphatic rings. The maximum Gasteiger partial charge on any atom is 0.433 e. The predicted octanol–water partition coefficient (Wildman–Crippen LogP) is 2.75. The van der Waals surface area contributed by atoms with Crippen LogP contribution < -0.4 is 0 Å². The maximum atomic E-state index is 12.8. The van der Waals surface area contributed by atoms with Gasteiger partial charge in [0.25, 0.3) is 0 Å². The van der Waals surface area contributed by atoms with E-state index in [1.54, 1.807) is 6.07 Å². The predicted molar refractivity (Wildman–Crippen MR) is 54.9 cm³/mol. The molecule has 94 valence electrons. The topological polar surface area (TPSA) is 30.8 Å². The van der Waals surface area contributed by atoms with Gasteiger partial charge >= 0.3 is 6.18 Å². The average Bonchev–Trinajstić information content (AvgIpc) is 2.97. The van der Waals surface area contributed by atoms with Gasteiger partial charge in [0.15, 0.2) is 11.8 Å². The van der Waals surface area contributed by atoms with Gasteiger partial charge in [-0.15, -0.1) is 0 Å². The molecule has 3 nitrogen and oxygen atoms in total. The number of halogens is 3. The number of nitrogens with zero attached hydrogens (tertiary/aromatic N) is 1. The van der Waals surface area contributed by atoms with Crippen molar-refractivity contribution in [1.82, 2.24) is 0 Å². The number of oxime groups is 1. The average molecular weight is 255 g/mol. The lowest BCUT2D eigenvalue weighted by Gasteiger charge is -2.22. The summed E-state index contributed by atoms with van der Waals surface area (Å²) < 4.78 is 44.1. The van der Waals surface area contributed by atoms with E-state index in [2.05, 4.69) is 5.16 Å². The van der Waals surface area contributed by atoms with Crippen LogP contribution in [0.25, 0.3) is 0 Å². The molecule has 1 aromatic rings. The van der Waals surface area contributed by atoms with E-state index in [4.69, 9.17) is 9.57 Å². The second-order valence-corrected chi connectivity index (χ2v) is 4.68. The van der Waals surface area contributed by atoms with Crippen LogP contribution in [0.1, 0.15) is 23.3 Å². The number of hydrogen-bond donors (Lipinski definition) is 0. The van der Waals surface area contributed by atoms with E-state index >= 15 is 0 Å². The molecule has 18 heavy (non-hydrogen) atoms. The van der Waals surface area contributed by atoms with Crippen LogP contribution in [0, 0.1) is 5.92 Å². The highest BCUT2D eigenvalue weighted by Gasteiger charge is 2.63. The molecule has 1 saturated heterocycles. The standard InChI is InChI=1S/C12H8F3NO2/c13-12(14,15)11-7-8-5-3-1-2-4-6(5)9(17-8)10(7)18-16-11/h1-4,7-10H/t7-,8+,9+,10-/m1/s1. The lowest BCUT2D eigenvalue weighted by molar-refractivity contribution is -0.0651. The van der Waals surface area contributed by atoms with Gasteiger partial charge in [-0.2, -0.15) is 13.2 Å². The van der Waals surface area contributed by atoms with Crippen molar-refractivity contribution in [1.29, 1.82) is 0 Å². The zero-order chi connectivity index (χ0) is 12.5. The van der Waals surface area contributed by atoms with E-state index in [9.17, 15) is 13.2 Å². The molecule has 0 N–H and O–H groups in total. The van der Waals surface area contributed by atoms with Crippen LogP contribution in [0.2, 0.25) is 0 Å². The first-order chi connectivity index (χ1) is 8.57. The molecule has 1 fully saturated rings. The third-order valence-electron chi connectivity index (χ3n) is 3.76. The molecule has 1 aromatic carbocycles. The van der Waals surface area contributed by atoms with Gasteiger partial charge in [-0.1, -0.05) is 29.4 Å². The molecule has 0 aromatic heterocycles. The Morgan fingerprint density at radius 1 is 1.06 bits per heavy atom. The fourth-order valence-corrected chi connectivity index (χ4v) is 3.07. The molecule has 0 saturated carbocycles. The highest BCUT2D eigenvalue weighted by atomic mass is 19.4. The lowest BCUT2D eigenvalue weighted by Crippen LogP contribution is -2.36. The Balaban J connectivity index is 1.80. The van der Waals surface area contributed by atoms with Gasteiger partial charge in [-0.05, 0) is 11.1 Å². The molecule has 4 atom stereocenters. The number of hydrogen-bond acceptors (Lipinski definition) is 3. The van der Waals surface area contributed by atoms with Crippen LogP contribution in [-0.4, -0.2) is 18.0 Å². The second-order valence-electron chi connectivity index (χ2n) is 4.68. The Morgan fingerprint density at radius 2 is 1.72 bits per heavy atom. The second kappa shape index (κ2) is 3.06. The number of fused-ring (bicyclic) bond motifs is 8. The fraction of sp³-hybridized carbons (Fsp3) is 0.417. The van der Waals surface area contributed by atoms with Crippen molar-refractivity contribution in [3.63, 3.8) is 0 Å². The van der Waals surface area contributed by atoms with Crippen molar-refractivity contribution in [2.24, 2.45) is 11.1 Å². The zero-order valence-electron chi connectivity index (χ0n) is 9.02. The van der Waals surface area contributed by atoms with Crippen LogP contribution in [0.3, 0.4) is 0 Å². The lowest BCUT2D eigenvalue weighted by atomic mass is 9.79. The minimum absolute atomic E-state index is 0.431. The monoisotopic (exact) mass is 255 g/mol. The molecule has 0 amide bonds. The van der Waals surface area contributed by atoms with Crippen LogP contribution in [0.4, 0.5) is 13.2 Å². The summed E-state index contributed by atoms with van der Waals surface area (Å²) in [5.74, 6) is -0.829. The van der Waals surface area contributed by atoms with Crippen molar-refractivity contribution in [3.8, 4) is 0 Å². The van der Waals surface area contributed by atoms with E-state index in [1.165, 1.54) is 0 Å². The summed E-state index contributed by atoms with van der Waals surface area (Å²) in [6.45, 7) is 0. The molecule has 0 radical (unpaired) electrons. The minimum atomic E-state index is -4.46. The van der Waals surface area contributed by atoms with Crippen molar-refractivity contribution in [2.45, 2.75) is 24.5 Å². The first kappa shape index (κ1) is 10.4. The Bertz CT molecular complexity index is 554. The summed E-state index contributed by atoms with van der Waals surface area (Å²) in [5, 5.41) is 3.23. The maximum absolute atomic E-state index is 12.8. The Labute approximate surface area is 100 Å². The van der Waals surface area contributed by atoms with Crippen LogP contribution in [0.5, 0.6) is 0 Å². The van der Waals surface area contributed by atoms with Gasteiger partial charge in [-0.25, -0.2) is 0 Å². The van der Waals surface area contributed by atoms with E-state index in [0.717, 1.165) is 11.1 Å². The highest BCUT2D eigenvalue weighted by Crippen LogP contribution is 2.58. The molecular formula is C12H8F3NO2. The van der Waals surface area contributed by atoms with Gasteiger partial charge in [0.1, 0.15) is 6.10 Å². The summed E-state index contributed by atoms with van der Waals surface area (Å²) in [6.07, 6.45) is -6.11. The Hall–Kier alpha value is -1.56.